The van der Waals surface area contributed by atoms with Gasteiger partial charge >= 0.3 is 0 Å². The highest BCUT2D eigenvalue weighted by Crippen LogP contribution is 2.09. The van der Waals surface area contributed by atoms with Gasteiger partial charge in [-0.1, -0.05) is 6.92 Å². The van der Waals surface area contributed by atoms with E-state index >= 15 is 0 Å². The molecule has 0 aliphatic rings. The highest BCUT2D eigenvalue weighted by Gasteiger charge is 2.13. The van der Waals surface area contributed by atoms with Crippen molar-refractivity contribution in [3.05, 3.63) is 23.4 Å². The first-order valence-corrected chi connectivity index (χ1v) is 5.78. The van der Waals surface area contributed by atoms with Crippen molar-refractivity contribution in [2.24, 2.45) is 5.73 Å². The van der Waals surface area contributed by atoms with Crippen LogP contribution in [-0.2, 0) is 11.2 Å². The lowest BCUT2D eigenvalue weighted by molar-refractivity contribution is -0.118. The number of aromatic nitrogens is 1. The first kappa shape index (κ1) is 14.0. The van der Waals surface area contributed by atoms with E-state index in [9.17, 15) is 9.59 Å². The monoisotopic (exact) mass is 250 g/mol. The molecule has 18 heavy (non-hydrogen) atoms. The number of carbonyl (C=O) groups is 2. The van der Waals surface area contributed by atoms with Gasteiger partial charge in [0.1, 0.15) is 5.82 Å². The van der Waals surface area contributed by atoms with Crippen molar-refractivity contribution in [2.45, 2.75) is 32.7 Å². The Morgan fingerprint density at radius 1 is 1.44 bits per heavy atom. The summed E-state index contributed by atoms with van der Waals surface area (Å²) < 4.78 is 0. The Labute approximate surface area is 106 Å². The summed E-state index contributed by atoms with van der Waals surface area (Å²) in [6.07, 6.45) is 0.801. The predicted octanol–water partition coefficient (Wildman–Crippen LogP) is 0.220. The Hall–Kier alpha value is -2.11. The number of primary amides is 1. The quantitative estimate of drug-likeness (QED) is 0.694. The number of nitrogens with one attached hydrogen (secondary N) is 1. The number of anilines is 1. The lowest BCUT2D eigenvalue weighted by atomic mass is 10.1. The molecule has 0 aliphatic carbocycles. The standard InChI is InChI=1S/C12H18N4O2/c1-3-9-5-8(6-10(13)16-9)12(18)15-7(2)4-11(14)17/h5-7H,3-4H2,1-2H3,(H2,13,16)(H2,14,17)(H,15,18). The van der Waals surface area contributed by atoms with Gasteiger partial charge in [0.25, 0.3) is 5.91 Å². The molecule has 1 heterocycles. The fourth-order valence-corrected chi connectivity index (χ4v) is 1.58. The van der Waals surface area contributed by atoms with E-state index in [4.69, 9.17) is 11.5 Å². The number of carbonyl (C=O) groups excluding carboxylic acids is 2. The molecular weight excluding hydrogens is 232 g/mol. The van der Waals surface area contributed by atoms with Gasteiger partial charge in [-0.15, -0.1) is 0 Å². The van der Waals surface area contributed by atoms with E-state index in [0.717, 1.165) is 5.69 Å². The van der Waals surface area contributed by atoms with Crippen molar-refractivity contribution in [1.82, 2.24) is 10.3 Å². The third-order valence-electron chi connectivity index (χ3n) is 2.41. The highest BCUT2D eigenvalue weighted by atomic mass is 16.2. The molecule has 0 spiro atoms. The average molecular weight is 250 g/mol. The molecule has 0 aliphatic heterocycles. The number of pyridine rings is 1. The summed E-state index contributed by atoms with van der Waals surface area (Å²) in [5, 5.41) is 2.68. The van der Waals surface area contributed by atoms with Crippen LogP contribution in [0.4, 0.5) is 5.82 Å². The van der Waals surface area contributed by atoms with E-state index in [2.05, 4.69) is 10.3 Å². The summed E-state index contributed by atoms with van der Waals surface area (Å²) in [4.78, 5) is 26.7. The summed E-state index contributed by atoms with van der Waals surface area (Å²) in [5.41, 5.74) is 11.9. The zero-order valence-corrected chi connectivity index (χ0v) is 10.6. The minimum absolute atomic E-state index is 0.104. The SMILES string of the molecule is CCc1cc(C(=O)NC(C)CC(N)=O)cc(N)n1. The molecule has 1 rings (SSSR count). The lowest BCUT2D eigenvalue weighted by Crippen LogP contribution is -2.35. The number of nitrogen functional groups attached to an aromatic ring is 1. The summed E-state index contributed by atoms with van der Waals surface area (Å²) in [5.74, 6) is -0.430. The molecular formula is C12H18N4O2. The summed E-state index contributed by atoms with van der Waals surface area (Å²) >= 11 is 0. The van der Waals surface area contributed by atoms with Gasteiger partial charge in [0, 0.05) is 23.7 Å². The smallest absolute Gasteiger partial charge is 0.251 e. The zero-order chi connectivity index (χ0) is 13.7. The maximum atomic E-state index is 11.9. The molecule has 0 bridgehead atoms. The number of hydrogen-bond acceptors (Lipinski definition) is 4. The van der Waals surface area contributed by atoms with Gasteiger partial charge in [-0.2, -0.15) is 0 Å². The van der Waals surface area contributed by atoms with Gasteiger partial charge in [-0.25, -0.2) is 4.98 Å². The number of aryl methyl sites for hydroxylation is 1. The molecule has 0 radical (unpaired) electrons. The molecule has 0 saturated heterocycles. The van der Waals surface area contributed by atoms with E-state index in [1.165, 1.54) is 6.07 Å². The van der Waals surface area contributed by atoms with Crippen LogP contribution in [0.5, 0.6) is 0 Å². The van der Waals surface area contributed by atoms with Gasteiger partial charge < -0.3 is 16.8 Å². The van der Waals surface area contributed by atoms with E-state index in [1.807, 2.05) is 6.92 Å². The Bertz CT molecular complexity index is 459. The molecule has 2 amide bonds. The van der Waals surface area contributed by atoms with Crippen molar-refractivity contribution in [2.75, 3.05) is 5.73 Å². The number of nitrogens with two attached hydrogens (primary N) is 2. The van der Waals surface area contributed by atoms with Crippen LogP contribution in [0.25, 0.3) is 0 Å². The van der Waals surface area contributed by atoms with E-state index in [-0.39, 0.29) is 18.4 Å². The second kappa shape index (κ2) is 6.00. The minimum atomic E-state index is -0.453. The van der Waals surface area contributed by atoms with Crippen molar-refractivity contribution >= 4 is 17.6 Å². The van der Waals surface area contributed by atoms with Crippen molar-refractivity contribution in [1.29, 1.82) is 0 Å². The lowest BCUT2D eigenvalue weighted by Gasteiger charge is -2.12. The summed E-state index contributed by atoms with van der Waals surface area (Å²) in [7, 11) is 0. The Balaban J connectivity index is 2.77. The maximum absolute atomic E-state index is 11.9. The second-order valence-corrected chi connectivity index (χ2v) is 4.17. The van der Waals surface area contributed by atoms with Gasteiger partial charge in [0.05, 0.1) is 0 Å². The molecule has 6 nitrogen and oxygen atoms in total. The molecule has 0 saturated carbocycles. The number of amides is 2. The molecule has 1 unspecified atom stereocenters. The molecule has 0 fully saturated rings. The molecule has 1 aromatic rings. The first-order valence-electron chi connectivity index (χ1n) is 5.78. The van der Waals surface area contributed by atoms with Crippen LogP contribution in [0.2, 0.25) is 0 Å². The van der Waals surface area contributed by atoms with E-state index in [0.29, 0.717) is 17.8 Å². The number of nitrogens with zero attached hydrogens (tertiary/aromatic N) is 1. The van der Waals surface area contributed by atoms with Crippen LogP contribution in [0.15, 0.2) is 12.1 Å². The third kappa shape index (κ3) is 4.04. The second-order valence-electron chi connectivity index (χ2n) is 4.17. The van der Waals surface area contributed by atoms with E-state index in [1.54, 1.807) is 13.0 Å². The van der Waals surface area contributed by atoms with Gasteiger partial charge in [0.2, 0.25) is 5.91 Å². The largest absolute Gasteiger partial charge is 0.384 e. The van der Waals surface area contributed by atoms with Crippen LogP contribution in [0.3, 0.4) is 0 Å². The summed E-state index contributed by atoms with van der Waals surface area (Å²) in [6.45, 7) is 3.65. The zero-order valence-electron chi connectivity index (χ0n) is 10.6. The number of rotatable bonds is 5. The normalized spacial score (nSPS) is 11.9. The van der Waals surface area contributed by atoms with Crippen LogP contribution in [0.1, 0.15) is 36.3 Å². The van der Waals surface area contributed by atoms with Gasteiger partial charge in [0.15, 0.2) is 0 Å². The molecule has 1 atom stereocenters. The van der Waals surface area contributed by atoms with E-state index < -0.39 is 5.91 Å². The molecule has 0 aromatic carbocycles. The Kier molecular flexibility index (Phi) is 4.65. The van der Waals surface area contributed by atoms with Crippen molar-refractivity contribution in [3.8, 4) is 0 Å². The Morgan fingerprint density at radius 3 is 2.67 bits per heavy atom. The van der Waals surface area contributed by atoms with Crippen molar-refractivity contribution in [3.63, 3.8) is 0 Å². The third-order valence-corrected chi connectivity index (χ3v) is 2.41. The minimum Gasteiger partial charge on any atom is -0.384 e. The molecule has 6 heteroatoms. The summed E-state index contributed by atoms with van der Waals surface area (Å²) in [6, 6.07) is 2.88. The molecule has 98 valence electrons. The molecule has 5 N–H and O–H groups in total. The Morgan fingerprint density at radius 2 is 2.11 bits per heavy atom. The van der Waals surface area contributed by atoms with Gasteiger partial charge in [-0.05, 0) is 25.5 Å². The fraction of sp³-hybridized carbons (Fsp3) is 0.417. The van der Waals surface area contributed by atoms with Gasteiger partial charge in [-0.3, -0.25) is 9.59 Å². The predicted molar refractivity (Wildman–Crippen MR) is 68.8 cm³/mol. The average Bonchev–Trinajstić information content (AvgIpc) is 2.26. The van der Waals surface area contributed by atoms with Crippen LogP contribution in [0, 0.1) is 0 Å². The topological polar surface area (TPSA) is 111 Å². The molecule has 1 aromatic heterocycles. The fourth-order valence-electron chi connectivity index (χ4n) is 1.58. The maximum Gasteiger partial charge on any atom is 0.251 e. The first-order chi connectivity index (χ1) is 8.42. The number of hydrogen-bond donors (Lipinski definition) is 3. The van der Waals surface area contributed by atoms with Crippen LogP contribution >= 0.6 is 0 Å². The van der Waals surface area contributed by atoms with Crippen molar-refractivity contribution < 1.29 is 9.59 Å². The van der Waals surface area contributed by atoms with Crippen LogP contribution in [-0.4, -0.2) is 22.8 Å². The highest BCUT2D eigenvalue weighted by molar-refractivity contribution is 5.95. The van der Waals surface area contributed by atoms with Crippen LogP contribution < -0.4 is 16.8 Å².